The fraction of sp³-hybridized carbons (Fsp3) is 0.160. The number of anilines is 1. The number of hydrogen-bond donors (Lipinski definition) is 2. The van der Waals surface area contributed by atoms with Gasteiger partial charge in [0.15, 0.2) is 10.7 Å². The molecule has 3 aromatic carbocycles. The van der Waals surface area contributed by atoms with Crippen molar-refractivity contribution in [2.75, 3.05) is 12.4 Å². The van der Waals surface area contributed by atoms with Gasteiger partial charge < -0.3 is 14.5 Å². The highest BCUT2D eigenvalue weighted by Crippen LogP contribution is 2.33. The molecule has 4 rings (SSSR count). The van der Waals surface area contributed by atoms with Gasteiger partial charge in [-0.1, -0.05) is 23.7 Å². The largest absolute Gasteiger partial charge is 0.496 e. The Kier molecular flexibility index (Phi) is 6.35. The maximum Gasteiger partial charge on any atom is 0.261 e. The second-order valence-electron chi connectivity index (χ2n) is 7.68. The van der Waals surface area contributed by atoms with Crippen LogP contribution in [-0.2, 0) is 0 Å². The smallest absolute Gasteiger partial charge is 0.261 e. The Morgan fingerprint density at radius 2 is 1.82 bits per heavy atom. The number of benzene rings is 3. The number of para-hydroxylation sites is 1. The number of ether oxygens (including phenoxy) is 1. The van der Waals surface area contributed by atoms with Gasteiger partial charge in [0, 0.05) is 5.69 Å². The van der Waals surface area contributed by atoms with Crippen molar-refractivity contribution in [1.82, 2.24) is 10.3 Å². The van der Waals surface area contributed by atoms with Crippen molar-refractivity contribution in [3.05, 3.63) is 75.8 Å². The minimum absolute atomic E-state index is 0.139. The van der Waals surface area contributed by atoms with E-state index in [0.717, 1.165) is 22.2 Å². The lowest BCUT2D eigenvalue weighted by molar-refractivity contribution is 0.0974. The van der Waals surface area contributed by atoms with Crippen LogP contribution in [0.2, 0.25) is 5.02 Å². The molecule has 0 radical (unpaired) electrons. The van der Waals surface area contributed by atoms with Crippen molar-refractivity contribution < 1.29 is 13.9 Å². The van der Waals surface area contributed by atoms with Gasteiger partial charge in [0.05, 0.1) is 23.3 Å². The summed E-state index contributed by atoms with van der Waals surface area (Å²) < 4.78 is 11.3. The Morgan fingerprint density at radius 1 is 1.06 bits per heavy atom. The van der Waals surface area contributed by atoms with Crippen molar-refractivity contribution in [2.45, 2.75) is 20.8 Å². The molecule has 4 aromatic rings. The number of methoxy groups -OCH3 is 1. The van der Waals surface area contributed by atoms with E-state index in [2.05, 4.69) is 15.6 Å². The Morgan fingerprint density at radius 3 is 2.58 bits per heavy atom. The van der Waals surface area contributed by atoms with Gasteiger partial charge in [0.1, 0.15) is 11.3 Å². The van der Waals surface area contributed by atoms with Crippen molar-refractivity contribution in [1.29, 1.82) is 0 Å². The molecule has 0 atom stereocenters. The van der Waals surface area contributed by atoms with E-state index in [1.807, 2.05) is 39.0 Å². The van der Waals surface area contributed by atoms with Crippen LogP contribution in [0.15, 0.2) is 52.9 Å². The number of carbonyl (C=O) groups excluding carboxylic acids is 1. The zero-order valence-corrected chi connectivity index (χ0v) is 20.1. The molecule has 1 heterocycles. The van der Waals surface area contributed by atoms with Crippen molar-refractivity contribution >= 4 is 51.6 Å². The van der Waals surface area contributed by atoms with E-state index in [1.165, 1.54) is 7.11 Å². The summed E-state index contributed by atoms with van der Waals surface area (Å²) in [7, 11) is 1.53. The maximum atomic E-state index is 12.7. The highest BCUT2D eigenvalue weighted by Gasteiger charge is 2.17. The lowest BCUT2D eigenvalue weighted by Crippen LogP contribution is -2.34. The molecule has 6 nitrogen and oxygen atoms in total. The van der Waals surface area contributed by atoms with Gasteiger partial charge in [-0.3, -0.25) is 10.1 Å². The molecule has 0 fully saturated rings. The molecule has 1 amide bonds. The number of thiocarbonyl (C=S) groups is 1. The Labute approximate surface area is 201 Å². The van der Waals surface area contributed by atoms with Crippen LogP contribution in [0.3, 0.4) is 0 Å². The topological polar surface area (TPSA) is 76.4 Å². The molecule has 0 aliphatic carbocycles. The van der Waals surface area contributed by atoms with Crippen LogP contribution in [0.1, 0.15) is 27.0 Å². The summed E-state index contributed by atoms with van der Waals surface area (Å²) in [6, 6.07) is 14.5. The molecular weight excluding hydrogens is 458 g/mol. The van der Waals surface area contributed by atoms with Crippen LogP contribution in [0, 0.1) is 20.8 Å². The SMILES string of the molecule is COc1c(C)cccc1C(=O)NC(=S)Nc1ccc(Cl)c(-c2nc3cc(C)c(C)cc3o2)c1. The number of hydrogen-bond acceptors (Lipinski definition) is 5. The van der Waals surface area contributed by atoms with E-state index in [9.17, 15) is 4.79 Å². The van der Waals surface area contributed by atoms with Crippen LogP contribution in [0.25, 0.3) is 22.6 Å². The number of nitrogens with one attached hydrogen (secondary N) is 2. The fourth-order valence-corrected chi connectivity index (χ4v) is 3.91. The van der Waals surface area contributed by atoms with Gasteiger partial charge in [0.2, 0.25) is 5.89 Å². The number of nitrogens with zero attached hydrogens (tertiary/aromatic N) is 1. The summed E-state index contributed by atoms with van der Waals surface area (Å²) >= 11 is 11.8. The number of fused-ring (bicyclic) bond motifs is 1. The van der Waals surface area contributed by atoms with Crippen LogP contribution in [0.5, 0.6) is 5.75 Å². The van der Waals surface area contributed by atoms with E-state index in [1.54, 1.807) is 30.3 Å². The first-order valence-corrected chi connectivity index (χ1v) is 11.0. The third kappa shape index (κ3) is 4.69. The molecule has 1 aromatic heterocycles. The standard InChI is InChI=1S/C25H22ClN3O3S/c1-13-6-5-7-17(22(13)31-4)23(30)29-25(33)27-16-8-9-19(26)18(12-16)24-28-20-10-14(2)15(3)11-21(20)32-24/h5-12H,1-4H3,(H2,27,29,30,33). The van der Waals surface area contributed by atoms with Crippen LogP contribution in [0.4, 0.5) is 5.69 Å². The summed E-state index contributed by atoms with van der Waals surface area (Å²) in [4.78, 5) is 17.3. The summed E-state index contributed by atoms with van der Waals surface area (Å²) in [5, 5.41) is 6.32. The molecule has 168 valence electrons. The zero-order valence-electron chi connectivity index (χ0n) is 18.6. The summed E-state index contributed by atoms with van der Waals surface area (Å²) in [6.45, 7) is 5.93. The minimum atomic E-state index is -0.369. The maximum absolute atomic E-state index is 12.7. The average Bonchev–Trinajstić information content (AvgIpc) is 3.17. The summed E-state index contributed by atoms with van der Waals surface area (Å²) in [6.07, 6.45) is 0. The van der Waals surface area contributed by atoms with Gasteiger partial charge >= 0.3 is 0 Å². The van der Waals surface area contributed by atoms with E-state index >= 15 is 0 Å². The Balaban J connectivity index is 1.55. The third-order valence-electron chi connectivity index (χ3n) is 5.35. The molecule has 33 heavy (non-hydrogen) atoms. The molecule has 2 N–H and O–H groups in total. The minimum Gasteiger partial charge on any atom is -0.496 e. The number of aromatic nitrogens is 1. The highest BCUT2D eigenvalue weighted by atomic mass is 35.5. The van der Waals surface area contributed by atoms with E-state index in [0.29, 0.717) is 39.1 Å². The van der Waals surface area contributed by atoms with Crippen LogP contribution in [-0.4, -0.2) is 23.1 Å². The first-order chi connectivity index (χ1) is 15.8. The molecule has 0 aliphatic rings. The molecule has 0 aliphatic heterocycles. The molecular formula is C25H22ClN3O3S. The second-order valence-corrected chi connectivity index (χ2v) is 8.50. The van der Waals surface area contributed by atoms with Crippen molar-refractivity contribution in [2.24, 2.45) is 0 Å². The van der Waals surface area contributed by atoms with Gasteiger partial charge in [-0.25, -0.2) is 4.98 Å². The van der Waals surface area contributed by atoms with Gasteiger partial charge in [-0.15, -0.1) is 0 Å². The first kappa shape index (κ1) is 22.8. The predicted octanol–water partition coefficient (Wildman–Crippen LogP) is 6.21. The monoisotopic (exact) mass is 479 g/mol. The Bertz CT molecular complexity index is 1360. The summed E-state index contributed by atoms with van der Waals surface area (Å²) in [5.41, 5.74) is 6.21. The number of carbonyl (C=O) groups is 1. The molecule has 0 saturated carbocycles. The number of aryl methyl sites for hydroxylation is 3. The van der Waals surface area contributed by atoms with Gasteiger partial charge in [0.25, 0.3) is 5.91 Å². The molecule has 0 spiro atoms. The normalized spacial score (nSPS) is 10.8. The second kappa shape index (κ2) is 9.21. The van der Waals surface area contributed by atoms with Crippen molar-refractivity contribution in [3.8, 4) is 17.2 Å². The van der Waals surface area contributed by atoms with Crippen LogP contribution < -0.4 is 15.4 Å². The van der Waals surface area contributed by atoms with Gasteiger partial charge in [-0.05, 0) is 86.1 Å². The fourth-order valence-electron chi connectivity index (χ4n) is 3.50. The van der Waals surface area contributed by atoms with Gasteiger partial charge in [-0.2, -0.15) is 0 Å². The first-order valence-electron chi connectivity index (χ1n) is 10.2. The lowest BCUT2D eigenvalue weighted by atomic mass is 10.1. The van der Waals surface area contributed by atoms with E-state index in [4.69, 9.17) is 33.0 Å². The average molecular weight is 480 g/mol. The predicted molar refractivity (Wildman–Crippen MR) is 135 cm³/mol. The molecule has 0 bridgehead atoms. The highest BCUT2D eigenvalue weighted by molar-refractivity contribution is 7.80. The third-order valence-corrected chi connectivity index (χ3v) is 5.88. The van der Waals surface area contributed by atoms with Crippen molar-refractivity contribution in [3.63, 3.8) is 0 Å². The number of rotatable bonds is 4. The molecule has 8 heteroatoms. The molecule has 0 unspecified atom stereocenters. The zero-order chi connectivity index (χ0) is 23.7. The van der Waals surface area contributed by atoms with E-state index < -0.39 is 0 Å². The lowest BCUT2D eigenvalue weighted by Gasteiger charge is -2.13. The Hall–Kier alpha value is -3.42. The van der Waals surface area contributed by atoms with Crippen LogP contribution >= 0.6 is 23.8 Å². The number of halogens is 1. The number of oxazole rings is 1. The van der Waals surface area contributed by atoms with E-state index in [-0.39, 0.29) is 11.0 Å². The number of amides is 1. The summed E-state index contributed by atoms with van der Waals surface area (Å²) in [5.74, 6) is 0.544. The molecule has 0 saturated heterocycles. The quantitative estimate of drug-likeness (QED) is 0.339.